The van der Waals surface area contributed by atoms with Crippen LogP contribution in [0.25, 0.3) is 0 Å². The van der Waals surface area contributed by atoms with Gasteiger partial charge in [-0.25, -0.2) is 0 Å². The van der Waals surface area contributed by atoms with Gasteiger partial charge in [-0.2, -0.15) is 0 Å². The summed E-state index contributed by atoms with van der Waals surface area (Å²) in [5.41, 5.74) is 0. The van der Waals surface area contributed by atoms with E-state index in [4.69, 9.17) is 9.15 Å². The Kier molecular flexibility index (Phi) is 2.42. The van der Waals surface area contributed by atoms with Crippen LogP contribution in [0.2, 0.25) is 0 Å². The van der Waals surface area contributed by atoms with Crippen molar-refractivity contribution in [3.63, 3.8) is 0 Å². The molecule has 1 aliphatic heterocycles. The minimum Gasteiger partial charge on any atom is -0.495 e. The molecule has 1 aliphatic rings. The molecule has 13 heavy (non-hydrogen) atoms. The molecule has 0 saturated heterocycles. The molecule has 0 fully saturated rings. The molecule has 1 atom stereocenters. The molecular weight excluding hydrogens is 236 g/mol. The van der Waals surface area contributed by atoms with Gasteiger partial charge in [-0.3, -0.25) is 0 Å². The summed E-state index contributed by atoms with van der Waals surface area (Å²) in [6.07, 6.45) is 3.47. The average molecular weight is 245 g/mol. The van der Waals surface area contributed by atoms with E-state index in [2.05, 4.69) is 15.9 Å². The summed E-state index contributed by atoms with van der Waals surface area (Å²) in [5, 5.41) is 9.77. The second kappa shape index (κ2) is 3.55. The van der Waals surface area contributed by atoms with E-state index in [0.29, 0.717) is 18.1 Å². The number of ether oxygens (including phenoxy) is 1. The van der Waals surface area contributed by atoms with Crippen LogP contribution in [0.3, 0.4) is 0 Å². The third-order valence-corrected chi connectivity index (χ3v) is 2.55. The Morgan fingerprint density at radius 2 is 2.38 bits per heavy atom. The van der Waals surface area contributed by atoms with Gasteiger partial charge < -0.3 is 14.3 Å². The van der Waals surface area contributed by atoms with Crippen molar-refractivity contribution in [3.05, 3.63) is 34.4 Å². The van der Waals surface area contributed by atoms with Crippen molar-refractivity contribution in [1.29, 1.82) is 0 Å². The van der Waals surface area contributed by atoms with Crippen LogP contribution in [-0.4, -0.2) is 11.7 Å². The molecule has 0 radical (unpaired) electrons. The minimum atomic E-state index is -0.785. The monoisotopic (exact) mass is 244 g/mol. The first-order valence-electron chi connectivity index (χ1n) is 4.03. The van der Waals surface area contributed by atoms with E-state index in [1.54, 1.807) is 6.07 Å². The molecule has 0 spiro atoms. The number of rotatable bonds is 2. The lowest BCUT2D eigenvalue weighted by molar-refractivity contribution is 0.102. The lowest BCUT2D eigenvalue weighted by Gasteiger charge is -2.09. The second-order valence-corrected chi connectivity index (χ2v) is 3.63. The Bertz CT molecular complexity index is 329. The molecule has 0 saturated carbocycles. The third-order valence-electron chi connectivity index (χ3n) is 1.89. The van der Waals surface area contributed by atoms with Gasteiger partial charge >= 0.3 is 0 Å². The summed E-state index contributed by atoms with van der Waals surface area (Å²) in [7, 11) is 0. The topological polar surface area (TPSA) is 42.6 Å². The Morgan fingerprint density at radius 1 is 1.54 bits per heavy atom. The van der Waals surface area contributed by atoms with Gasteiger partial charge in [0, 0.05) is 6.42 Å². The summed E-state index contributed by atoms with van der Waals surface area (Å²) < 4.78 is 11.1. The molecule has 1 unspecified atom stereocenters. The van der Waals surface area contributed by atoms with Crippen molar-refractivity contribution in [2.45, 2.75) is 12.5 Å². The molecule has 0 aromatic carbocycles. The van der Waals surface area contributed by atoms with E-state index in [1.165, 1.54) is 6.26 Å². The summed E-state index contributed by atoms with van der Waals surface area (Å²) in [5.74, 6) is 1.07. The zero-order valence-electron chi connectivity index (χ0n) is 6.87. The predicted molar refractivity (Wildman–Crippen MR) is 50.0 cm³/mol. The lowest BCUT2D eigenvalue weighted by Crippen LogP contribution is -2.01. The molecule has 0 amide bonds. The molecule has 2 heterocycles. The standard InChI is InChI=1S/C9H9BrO3/c10-6-3-5-13-9(6)8(11)7-2-1-4-12-7/h2-3,5,8,11H,1,4H2. The van der Waals surface area contributed by atoms with Crippen molar-refractivity contribution in [3.8, 4) is 0 Å². The van der Waals surface area contributed by atoms with E-state index in [0.717, 1.165) is 10.9 Å². The van der Waals surface area contributed by atoms with Gasteiger partial charge in [0.2, 0.25) is 0 Å². The van der Waals surface area contributed by atoms with E-state index in [1.807, 2.05) is 6.08 Å². The number of aliphatic hydroxyl groups excluding tert-OH is 1. The quantitative estimate of drug-likeness (QED) is 0.869. The van der Waals surface area contributed by atoms with Crippen LogP contribution in [-0.2, 0) is 4.74 Å². The van der Waals surface area contributed by atoms with E-state index >= 15 is 0 Å². The molecule has 4 heteroatoms. The first-order chi connectivity index (χ1) is 6.29. The highest BCUT2D eigenvalue weighted by atomic mass is 79.9. The highest BCUT2D eigenvalue weighted by Crippen LogP contribution is 2.31. The third kappa shape index (κ3) is 1.64. The molecule has 1 N–H and O–H groups in total. The van der Waals surface area contributed by atoms with Crippen molar-refractivity contribution in [2.24, 2.45) is 0 Å². The van der Waals surface area contributed by atoms with Crippen LogP contribution in [0.4, 0.5) is 0 Å². The molecule has 1 aromatic heterocycles. The predicted octanol–water partition coefficient (Wildman–Crippen LogP) is 2.38. The number of hydrogen-bond donors (Lipinski definition) is 1. The van der Waals surface area contributed by atoms with E-state index in [9.17, 15) is 5.11 Å². The summed E-state index contributed by atoms with van der Waals surface area (Å²) >= 11 is 3.28. The normalized spacial score (nSPS) is 18.2. The fourth-order valence-corrected chi connectivity index (χ4v) is 1.68. The Hall–Kier alpha value is -0.740. The first-order valence-corrected chi connectivity index (χ1v) is 4.82. The zero-order valence-corrected chi connectivity index (χ0v) is 8.45. The van der Waals surface area contributed by atoms with Crippen LogP contribution >= 0.6 is 15.9 Å². The molecule has 3 nitrogen and oxygen atoms in total. The molecule has 70 valence electrons. The van der Waals surface area contributed by atoms with Gasteiger partial charge in [0.1, 0.15) is 5.76 Å². The van der Waals surface area contributed by atoms with E-state index in [-0.39, 0.29) is 0 Å². The van der Waals surface area contributed by atoms with Crippen molar-refractivity contribution < 1.29 is 14.3 Å². The van der Waals surface area contributed by atoms with Crippen molar-refractivity contribution >= 4 is 15.9 Å². The van der Waals surface area contributed by atoms with Crippen LogP contribution in [0.5, 0.6) is 0 Å². The maximum Gasteiger partial charge on any atom is 0.169 e. The summed E-state index contributed by atoms with van der Waals surface area (Å²) in [6.45, 7) is 0.644. The lowest BCUT2D eigenvalue weighted by atomic mass is 10.2. The van der Waals surface area contributed by atoms with Gasteiger partial charge in [0.25, 0.3) is 0 Å². The van der Waals surface area contributed by atoms with Crippen LogP contribution in [0, 0.1) is 0 Å². The molecule has 0 aliphatic carbocycles. The average Bonchev–Trinajstić information content (AvgIpc) is 2.72. The van der Waals surface area contributed by atoms with Gasteiger partial charge in [-0.05, 0) is 28.1 Å². The highest BCUT2D eigenvalue weighted by Gasteiger charge is 2.22. The molecule has 1 aromatic rings. The number of halogens is 1. The Morgan fingerprint density at radius 3 is 2.92 bits per heavy atom. The van der Waals surface area contributed by atoms with Gasteiger partial charge in [0.05, 0.1) is 17.3 Å². The molecule has 0 bridgehead atoms. The fraction of sp³-hybridized carbons (Fsp3) is 0.333. The van der Waals surface area contributed by atoms with Gasteiger partial charge in [-0.15, -0.1) is 0 Å². The largest absolute Gasteiger partial charge is 0.495 e. The van der Waals surface area contributed by atoms with Gasteiger partial charge in [-0.1, -0.05) is 0 Å². The SMILES string of the molecule is OC(C1=CCCO1)c1occc1Br. The smallest absolute Gasteiger partial charge is 0.169 e. The molecule has 2 rings (SSSR count). The Balaban J connectivity index is 2.21. The number of hydrogen-bond acceptors (Lipinski definition) is 3. The van der Waals surface area contributed by atoms with Crippen molar-refractivity contribution in [2.75, 3.05) is 6.61 Å². The fourth-order valence-electron chi connectivity index (χ4n) is 1.26. The number of aliphatic hydroxyl groups is 1. The highest BCUT2D eigenvalue weighted by molar-refractivity contribution is 9.10. The molecular formula is C9H9BrO3. The summed E-state index contributed by atoms with van der Waals surface area (Å²) in [6, 6.07) is 1.74. The maximum absolute atomic E-state index is 9.77. The van der Waals surface area contributed by atoms with Crippen LogP contribution < -0.4 is 0 Å². The minimum absolute atomic E-state index is 0.494. The van der Waals surface area contributed by atoms with Crippen LogP contribution in [0.1, 0.15) is 18.3 Å². The van der Waals surface area contributed by atoms with E-state index < -0.39 is 6.10 Å². The summed E-state index contributed by atoms with van der Waals surface area (Å²) in [4.78, 5) is 0. The Labute approximate surface area is 84.1 Å². The number of furan rings is 1. The second-order valence-electron chi connectivity index (χ2n) is 2.78. The first kappa shape index (κ1) is 8.84. The maximum atomic E-state index is 9.77. The van der Waals surface area contributed by atoms with Gasteiger partial charge in [0.15, 0.2) is 11.9 Å². The zero-order chi connectivity index (χ0) is 9.26. The van der Waals surface area contributed by atoms with Crippen LogP contribution in [0.15, 0.2) is 33.1 Å². The van der Waals surface area contributed by atoms with Crippen molar-refractivity contribution in [1.82, 2.24) is 0 Å².